The molecule has 0 saturated carbocycles. The fourth-order valence-electron chi connectivity index (χ4n) is 0.874. The van der Waals surface area contributed by atoms with E-state index in [1.807, 2.05) is 11.8 Å². The Hall–Kier alpha value is 0.270. The van der Waals surface area contributed by atoms with E-state index >= 15 is 0 Å². The molecule has 1 atom stereocenters. The third-order valence-corrected chi connectivity index (χ3v) is 2.13. The van der Waals surface area contributed by atoms with Crippen LogP contribution < -0.4 is 5.32 Å². The molecule has 2 nitrogen and oxygen atoms in total. The van der Waals surface area contributed by atoms with Gasteiger partial charge in [0, 0.05) is 13.2 Å². The Labute approximate surface area is 74.1 Å². The highest BCUT2D eigenvalue weighted by atomic mass is 32.2. The molecular weight excluding hydrogens is 158 g/mol. The second-order valence-electron chi connectivity index (χ2n) is 2.66. The first-order valence-corrected chi connectivity index (χ1v) is 5.42. The molecule has 0 saturated heterocycles. The topological polar surface area (TPSA) is 21.3 Å². The zero-order chi connectivity index (χ0) is 8.53. The Bertz CT molecular complexity index is 80.5. The van der Waals surface area contributed by atoms with E-state index < -0.39 is 0 Å². The van der Waals surface area contributed by atoms with Crippen LogP contribution in [0, 0.1) is 0 Å². The Morgan fingerprint density at radius 3 is 2.82 bits per heavy atom. The number of ether oxygens (including phenoxy) is 1. The summed E-state index contributed by atoms with van der Waals surface area (Å²) in [5.41, 5.74) is 0. The van der Waals surface area contributed by atoms with Gasteiger partial charge >= 0.3 is 0 Å². The predicted octanol–water partition coefficient (Wildman–Crippen LogP) is 1.36. The van der Waals surface area contributed by atoms with Gasteiger partial charge in [0.15, 0.2) is 0 Å². The van der Waals surface area contributed by atoms with Crippen LogP contribution in [-0.4, -0.2) is 38.3 Å². The van der Waals surface area contributed by atoms with Crippen LogP contribution >= 0.6 is 11.8 Å². The van der Waals surface area contributed by atoms with Crippen molar-refractivity contribution in [2.45, 2.75) is 19.4 Å². The molecule has 0 fully saturated rings. The van der Waals surface area contributed by atoms with Crippen molar-refractivity contribution in [3.8, 4) is 0 Å². The largest absolute Gasteiger partial charge is 0.383 e. The van der Waals surface area contributed by atoms with Gasteiger partial charge in [0.25, 0.3) is 0 Å². The summed E-state index contributed by atoms with van der Waals surface area (Å²) in [5.74, 6) is 1.24. The van der Waals surface area contributed by atoms with Crippen molar-refractivity contribution in [2.75, 3.05) is 32.3 Å². The van der Waals surface area contributed by atoms with Crippen LogP contribution in [0.25, 0.3) is 0 Å². The summed E-state index contributed by atoms with van der Waals surface area (Å²) >= 11 is 1.90. The molecule has 0 aromatic heterocycles. The van der Waals surface area contributed by atoms with Crippen molar-refractivity contribution in [1.29, 1.82) is 0 Å². The van der Waals surface area contributed by atoms with Crippen LogP contribution in [0.2, 0.25) is 0 Å². The number of rotatable bonds is 7. The molecule has 0 rings (SSSR count). The molecule has 0 aromatic rings. The third-order valence-electron chi connectivity index (χ3n) is 1.43. The van der Waals surface area contributed by atoms with Crippen LogP contribution in [-0.2, 0) is 4.74 Å². The van der Waals surface area contributed by atoms with E-state index in [9.17, 15) is 0 Å². The van der Waals surface area contributed by atoms with Gasteiger partial charge < -0.3 is 10.1 Å². The molecule has 0 heterocycles. The normalized spacial score (nSPS) is 13.4. The van der Waals surface area contributed by atoms with Gasteiger partial charge in [-0.3, -0.25) is 0 Å². The van der Waals surface area contributed by atoms with E-state index in [4.69, 9.17) is 4.74 Å². The smallest absolute Gasteiger partial charge is 0.0613 e. The molecule has 11 heavy (non-hydrogen) atoms. The van der Waals surface area contributed by atoms with Crippen molar-refractivity contribution in [3.63, 3.8) is 0 Å². The Balaban J connectivity index is 2.97. The first-order valence-electron chi connectivity index (χ1n) is 4.02. The Morgan fingerprint density at radius 2 is 2.27 bits per heavy atom. The van der Waals surface area contributed by atoms with Crippen LogP contribution in [0.1, 0.15) is 13.3 Å². The minimum Gasteiger partial charge on any atom is -0.383 e. The van der Waals surface area contributed by atoms with E-state index in [0.717, 1.165) is 13.2 Å². The molecule has 0 aliphatic heterocycles. The SMILES string of the molecule is COC[C@@H](C)NCCCSC. The monoisotopic (exact) mass is 177 g/mol. The standard InChI is InChI=1S/C8H19NOS/c1-8(7-10-2)9-5-4-6-11-3/h8-9H,4-7H2,1-3H3/t8-/m1/s1. The van der Waals surface area contributed by atoms with Gasteiger partial charge in [0.2, 0.25) is 0 Å². The maximum atomic E-state index is 4.99. The zero-order valence-electron chi connectivity index (χ0n) is 7.72. The number of methoxy groups -OCH3 is 1. The summed E-state index contributed by atoms with van der Waals surface area (Å²) in [7, 11) is 1.74. The van der Waals surface area contributed by atoms with Crippen molar-refractivity contribution in [3.05, 3.63) is 0 Å². The van der Waals surface area contributed by atoms with Gasteiger partial charge in [-0.1, -0.05) is 0 Å². The van der Waals surface area contributed by atoms with E-state index in [1.54, 1.807) is 7.11 Å². The van der Waals surface area contributed by atoms with Gasteiger partial charge in [-0.25, -0.2) is 0 Å². The summed E-state index contributed by atoms with van der Waals surface area (Å²) in [6.45, 7) is 4.05. The van der Waals surface area contributed by atoms with Crippen LogP contribution in [0.15, 0.2) is 0 Å². The highest BCUT2D eigenvalue weighted by Gasteiger charge is 1.97. The van der Waals surface area contributed by atoms with Gasteiger partial charge in [-0.15, -0.1) is 0 Å². The van der Waals surface area contributed by atoms with Crippen LogP contribution in [0.3, 0.4) is 0 Å². The summed E-state index contributed by atoms with van der Waals surface area (Å²) in [6, 6.07) is 0.488. The Morgan fingerprint density at radius 1 is 1.55 bits per heavy atom. The molecule has 68 valence electrons. The first kappa shape index (κ1) is 11.3. The average molecular weight is 177 g/mol. The minimum atomic E-state index is 0.488. The van der Waals surface area contributed by atoms with Gasteiger partial charge in [-0.2, -0.15) is 11.8 Å². The quantitative estimate of drug-likeness (QED) is 0.593. The van der Waals surface area contributed by atoms with E-state index in [1.165, 1.54) is 12.2 Å². The molecule has 1 N–H and O–H groups in total. The summed E-state index contributed by atoms with van der Waals surface area (Å²) in [4.78, 5) is 0. The first-order chi connectivity index (χ1) is 5.31. The van der Waals surface area contributed by atoms with Gasteiger partial charge in [0.1, 0.15) is 0 Å². The van der Waals surface area contributed by atoms with Crippen molar-refractivity contribution in [2.24, 2.45) is 0 Å². The lowest BCUT2D eigenvalue weighted by molar-refractivity contribution is 0.172. The molecule has 0 amide bonds. The maximum absolute atomic E-state index is 4.99. The molecule has 0 spiro atoms. The third kappa shape index (κ3) is 8.17. The van der Waals surface area contributed by atoms with E-state index in [2.05, 4.69) is 18.5 Å². The van der Waals surface area contributed by atoms with Crippen molar-refractivity contribution >= 4 is 11.8 Å². The van der Waals surface area contributed by atoms with Gasteiger partial charge in [-0.05, 0) is 31.9 Å². The molecule has 0 aromatic carbocycles. The molecule has 0 bridgehead atoms. The number of nitrogens with one attached hydrogen (secondary N) is 1. The lowest BCUT2D eigenvalue weighted by Gasteiger charge is -2.11. The van der Waals surface area contributed by atoms with E-state index in [-0.39, 0.29) is 0 Å². The van der Waals surface area contributed by atoms with Crippen molar-refractivity contribution in [1.82, 2.24) is 5.32 Å². The highest BCUT2D eigenvalue weighted by molar-refractivity contribution is 7.98. The summed E-state index contributed by atoms with van der Waals surface area (Å²) in [5, 5.41) is 3.38. The number of hydrogen-bond donors (Lipinski definition) is 1. The second kappa shape index (κ2) is 8.37. The molecule has 0 aliphatic carbocycles. The second-order valence-corrected chi connectivity index (χ2v) is 3.64. The molecule has 0 unspecified atom stereocenters. The fourth-order valence-corrected chi connectivity index (χ4v) is 1.31. The van der Waals surface area contributed by atoms with Crippen LogP contribution in [0.5, 0.6) is 0 Å². The number of thioether (sulfide) groups is 1. The van der Waals surface area contributed by atoms with Crippen molar-refractivity contribution < 1.29 is 4.74 Å². The Kier molecular flexibility index (Phi) is 8.57. The van der Waals surface area contributed by atoms with Gasteiger partial charge in [0.05, 0.1) is 6.61 Å². The molecular formula is C8H19NOS. The number of hydrogen-bond acceptors (Lipinski definition) is 3. The lowest BCUT2D eigenvalue weighted by Crippen LogP contribution is -2.31. The predicted molar refractivity (Wildman–Crippen MR) is 52.3 cm³/mol. The summed E-state index contributed by atoms with van der Waals surface area (Å²) < 4.78 is 4.99. The zero-order valence-corrected chi connectivity index (χ0v) is 8.54. The molecule has 3 heteroatoms. The highest BCUT2D eigenvalue weighted by Crippen LogP contribution is 1.93. The average Bonchev–Trinajstić information content (AvgIpc) is 1.99. The fraction of sp³-hybridized carbons (Fsp3) is 1.00. The lowest BCUT2D eigenvalue weighted by atomic mass is 10.3. The van der Waals surface area contributed by atoms with E-state index in [0.29, 0.717) is 6.04 Å². The van der Waals surface area contributed by atoms with Crippen LogP contribution in [0.4, 0.5) is 0 Å². The maximum Gasteiger partial charge on any atom is 0.0613 e. The minimum absolute atomic E-state index is 0.488. The molecule has 0 radical (unpaired) electrons. The summed E-state index contributed by atoms with van der Waals surface area (Å²) in [6.07, 6.45) is 3.38. The molecule has 0 aliphatic rings.